The van der Waals surface area contributed by atoms with Crippen LogP contribution in [0, 0.1) is 5.82 Å². The first-order chi connectivity index (χ1) is 10.2. The van der Waals surface area contributed by atoms with Gasteiger partial charge in [0, 0.05) is 38.4 Å². The molecule has 0 radical (unpaired) electrons. The van der Waals surface area contributed by atoms with Crippen LogP contribution in [0.1, 0.15) is 25.5 Å². The largest absolute Gasteiger partial charge is 0.387 e. The highest BCUT2D eigenvalue weighted by molar-refractivity contribution is 5.20. The van der Waals surface area contributed by atoms with Gasteiger partial charge in [0.2, 0.25) is 0 Å². The highest BCUT2D eigenvalue weighted by atomic mass is 19.1. The molecule has 0 aliphatic heterocycles. The Hall–Kier alpha value is -1.01. The second-order valence-corrected chi connectivity index (χ2v) is 4.73. The van der Waals surface area contributed by atoms with Crippen LogP contribution in [0.4, 0.5) is 4.39 Å². The summed E-state index contributed by atoms with van der Waals surface area (Å²) in [5.74, 6) is -0.375. The molecule has 0 bridgehead atoms. The molecule has 0 saturated carbocycles. The van der Waals surface area contributed by atoms with Crippen molar-refractivity contribution >= 4 is 0 Å². The molecule has 0 heterocycles. The molecule has 1 atom stereocenters. The fourth-order valence-corrected chi connectivity index (χ4v) is 2.06. The van der Waals surface area contributed by atoms with E-state index in [4.69, 9.17) is 9.47 Å². The molecule has 1 N–H and O–H groups in total. The summed E-state index contributed by atoms with van der Waals surface area (Å²) in [7, 11) is 0. The lowest BCUT2D eigenvalue weighted by Crippen LogP contribution is -2.35. The zero-order valence-electron chi connectivity index (χ0n) is 12.9. The number of hydrogen-bond acceptors (Lipinski definition) is 4. The second-order valence-electron chi connectivity index (χ2n) is 4.73. The molecule has 21 heavy (non-hydrogen) atoms. The lowest BCUT2D eigenvalue weighted by molar-refractivity contribution is 0.0523. The van der Waals surface area contributed by atoms with E-state index in [1.807, 2.05) is 18.7 Å². The van der Waals surface area contributed by atoms with Gasteiger partial charge in [0.25, 0.3) is 0 Å². The van der Waals surface area contributed by atoms with E-state index in [1.54, 1.807) is 18.2 Å². The van der Waals surface area contributed by atoms with Gasteiger partial charge in [0.1, 0.15) is 5.82 Å². The van der Waals surface area contributed by atoms with Gasteiger partial charge in [-0.15, -0.1) is 0 Å². The van der Waals surface area contributed by atoms with Crippen molar-refractivity contribution in [3.8, 4) is 0 Å². The van der Waals surface area contributed by atoms with Crippen LogP contribution in [0.2, 0.25) is 0 Å². The molecule has 5 heteroatoms. The Bertz CT molecular complexity index is 380. The van der Waals surface area contributed by atoms with Crippen molar-refractivity contribution in [3.05, 3.63) is 35.6 Å². The maximum Gasteiger partial charge on any atom is 0.129 e. The first-order valence-electron chi connectivity index (χ1n) is 7.49. The van der Waals surface area contributed by atoms with Crippen molar-refractivity contribution in [1.29, 1.82) is 0 Å². The van der Waals surface area contributed by atoms with Crippen LogP contribution < -0.4 is 0 Å². The van der Waals surface area contributed by atoms with Gasteiger partial charge < -0.3 is 14.6 Å². The average Bonchev–Trinajstić information content (AvgIpc) is 2.48. The maximum absolute atomic E-state index is 13.7. The summed E-state index contributed by atoms with van der Waals surface area (Å²) < 4.78 is 24.4. The van der Waals surface area contributed by atoms with Crippen LogP contribution in [0.3, 0.4) is 0 Å². The quantitative estimate of drug-likeness (QED) is 0.636. The SMILES string of the molecule is CCOCCN(CCOCC)CC(O)c1ccccc1F. The average molecular weight is 299 g/mol. The van der Waals surface area contributed by atoms with Gasteiger partial charge in [-0.1, -0.05) is 18.2 Å². The predicted octanol–water partition coefficient (Wildman–Crippen LogP) is 2.23. The van der Waals surface area contributed by atoms with Crippen LogP contribution >= 0.6 is 0 Å². The fraction of sp³-hybridized carbons (Fsp3) is 0.625. The molecule has 0 saturated heterocycles. The van der Waals surface area contributed by atoms with E-state index in [0.717, 1.165) is 0 Å². The van der Waals surface area contributed by atoms with E-state index in [0.29, 0.717) is 51.6 Å². The number of hydrogen-bond donors (Lipinski definition) is 1. The van der Waals surface area contributed by atoms with Crippen molar-refractivity contribution < 1.29 is 19.0 Å². The molecule has 1 aromatic carbocycles. The molecule has 0 aliphatic carbocycles. The summed E-state index contributed by atoms with van der Waals surface area (Å²) in [5.41, 5.74) is 0.329. The maximum atomic E-state index is 13.7. The van der Waals surface area contributed by atoms with Gasteiger partial charge in [-0.3, -0.25) is 4.90 Å². The molecule has 1 rings (SSSR count). The zero-order valence-corrected chi connectivity index (χ0v) is 12.9. The minimum atomic E-state index is -0.852. The number of rotatable bonds is 11. The van der Waals surface area contributed by atoms with Crippen molar-refractivity contribution in [2.75, 3.05) is 46.1 Å². The highest BCUT2D eigenvalue weighted by Crippen LogP contribution is 2.17. The molecule has 0 amide bonds. The number of aliphatic hydroxyl groups is 1. The smallest absolute Gasteiger partial charge is 0.129 e. The minimum absolute atomic E-state index is 0.329. The summed E-state index contributed by atoms with van der Waals surface area (Å²) in [6.45, 7) is 8.13. The van der Waals surface area contributed by atoms with E-state index >= 15 is 0 Å². The van der Waals surface area contributed by atoms with E-state index in [-0.39, 0.29) is 5.82 Å². The van der Waals surface area contributed by atoms with Gasteiger partial charge >= 0.3 is 0 Å². The Labute approximate surface area is 126 Å². The van der Waals surface area contributed by atoms with Gasteiger partial charge in [-0.2, -0.15) is 0 Å². The summed E-state index contributed by atoms with van der Waals surface area (Å²) in [4.78, 5) is 2.03. The second kappa shape index (κ2) is 10.7. The zero-order chi connectivity index (χ0) is 15.5. The van der Waals surface area contributed by atoms with Crippen LogP contribution in [0.25, 0.3) is 0 Å². The standard InChI is InChI=1S/C16H26FNO3/c1-3-20-11-9-18(10-12-21-4-2)13-16(19)14-7-5-6-8-15(14)17/h5-8,16,19H,3-4,9-13H2,1-2H3. The third kappa shape index (κ3) is 7.00. The monoisotopic (exact) mass is 299 g/mol. The van der Waals surface area contributed by atoms with Crippen LogP contribution in [0.15, 0.2) is 24.3 Å². The molecular formula is C16H26FNO3. The normalized spacial score (nSPS) is 12.8. The van der Waals surface area contributed by atoms with Crippen molar-refractivity contribution in [2.24, 2.45) is 0 Å². The van der Waals surface area contributed by atoms with E-state index in [2.05, 4.69) is 0 Å². The Morgan fingerprint density at radius 1 is 1.10 bits per heavy atom. The number of benzene rings is 1. The van der Waals surface area contributed by atoms with Crippen molar-refractivity contribution in [3.63, 3.8) is 0 Å². The van der Waals surface area contributed by atoms with E-state index < -0.39 is 6.10 Å². The summed E-state index contributed by atoms with van der Waals surface area (Å²) in [5, 5.41) is 10.2. The summed E-state index contributed by atoms with van der Waals surface area (Å²) in [6.07, 6.45) is -0.852. The fourth-order valence-electron chi connectivity index (χ4n) is 2.06. The third-order valence-electron chi connectivity index (χ3n) is 3.21. The van der Waals surface area contributed by atoms with E-state index in [1.165, 1.54) is 6.07 Å². The Morgan fingerprint density at radius 2 is 1.67 bits per heavy atom. The summed E-state index contributed by atoms with van der Waals surface area (Å²) in [6, 6.07) is 6.33. The third-order valence-corrected chi connectivity index (χ3v) is 3.21. The Kier molecular flexibility index (Phi) is 9.17. The molecule has 4 nitrogen and oxygen atoms in total. The summed E-state index contributed by atoms with van der Waals surface area (Å²) >= 11 is 0. The molecule has 0 spiro atoms. The van der Waals surface area contributed by atoms with Gasteiger partial charge in [-0.05, 0) is 19.9 Å². The van der Waals surface area contributed by atoms with Gasteiger partial charge in [0.05, 0.1) is 19.3 Å². The van der Waals surface area contributed by atoms with Crippen LogP contribution in [-0.2, 0) is 9.47 Å². The van der Waals surface area contributed by atoms with Gasteiger partial charge in [-0.25, -0.2) is 4.39 Å². The van der Waals surface area contributed by atoms with Gasteiger partial charge in [0.15, 0.2) is 0 Å². The number of aliphatic hydroxyl groups excluding tert-OH is 1. The van der Waals surface area contributed by atoms with Crippen molar-refractivity contribution in [1.82, 2.24) is 4.90 Å². The molecule has 1 aromatic rings. The minimum Gasteiger partial charge on any atom is -0.387 e. The predicted molar refractivity (Wildman–Crippen MR) is 80.8 cm³/mol. The molecule has 0 aromatic heterocycles. The lowest BCUT2D eigenvalue weighted by atomic mass is 10.1. The van der Waals surface area contributed by atoms with E-state index in [9.17, 15) is 9.50 Å². The lowest BCUT2D eigenvalue weighted by Gasteiger charge is -2.25. The first kappa shape index (κ1) is 18.0. The molecule has 120 valence electrons. The Balaban J connectivity index is 2.54. The number of halogens is 1. The number of ether oxygens (including phenoxy) is 2. The highest BCUT2D eigenvalue weighted by Gasteiger charge is 2.16. The molecule has 1 unspecified atom stereocenters. The molecule has 0 fully saturated rings. The molecule has 0 aliphatic rings. The number of nitrogens with zero attached hydrogens (tertiary/aromatic N) is 1. The Morgan fingerprint density at radius 3 is 2.19 bits per heavy atom. The van der Waals surface area contributed by atoms with Crippen LogP contribution in [-0.4, -0.2) is 56.1 Å². The topological polar surface area (TPSA) is 41.9 Å². The first-order valence-corrected chi connectivity index (χ1v) is 7.49. The van der Waals surface area contributed by atoms with Crippen LogP contribution in [0.5, 0.6) is 0 Å². The van der Waals surface area contributed by atoms with Crippen molar-refractivity contribution in [2.45, 2.75) is 20.0 Å². The molecular weight excluding hydrogens is 273 g/mol.